The number of fused-ring (bicyclic) bond motifs is 2. The van der Waals surface area contributed by atoms with Crippen molar-refractivity contribution in [1.82, 2.24) is 9.47 Å². The molecule has 170 valence electrons. The molecule has 1 aromatic carbocycles. The molecule has 0 saturated heterocycles. The van der Waals surface area contributed by atoms with Gasteiger partial charge in [0.2, 0.25) is 5.43 Å². The van der Waals surface area contributed by atoms with Gasteiger partial charge in [-0.1, -0.05) is 6.07 Å². The Bertz CT molecular complexity index is 1180. The van der Waals surface area contributed by atoms with Gasteiger partial charge in [0.25, 0.3) is 5.91 Å². The number of aliphatic hydroxyl groups excluding tert-OH is 1. The summed E-state index contributed by atoms with van der Waals surface area (Å²) in [5.74, 6) is -3.65. The zero-order valence-corrected chi connectivity index (χ0v) is 17.8. The second-order valence-corrected chi connectivity index (χ2v) is 8.81. The lowest BCUT2D eigenvalue weighted by atomic mass is 9.99. The molecule has 1 spiro atoms. The normalized spacial score (nSPS) is 21.9. The second kappa shape index (κ2) is 7.81. The zero-order chi connectivity index (χ0) is 23.4. The first-order valence-electron chi connectivity index (χ1n) is 10.5. The van der Waals surface area contributed by atoms with Gasteiger partial charge in [-0.3, -0.25) is 14.4 Å². The molecule has 2 heterocycles. The Morgan fingerprint density at radius 2 is 2.00 bits per heavy atom. The van der Waals surface area contributed by atoms with Crippen LogP contribution in [0, 0.1) is 17.6 Å². The average Bonchev–Trinajstić information content (AvgIpc) is 3.45. The van der Waals surface area contributed by atoms with Crippen LogP contribution in [0.3, 0.4) is 0 Å². The molecule has 32 heavy (non-hydrogen) atoms. The van der Waals surface area contributed by atoms with Crippen molar-refractivity contribution in [3.8, 4) is 5.75 Å². The van der Waals surface area contributed by atoms with Crippen LogP contribution in [0.4, 0.5) is 8.78 Å². The van der Waals surface area contributed by atoms with Gasteiger partial charge in [-0.25, -0.2) is 8.78 Å². The van der Waals surface area contributed by atoms with Gasteiger partial charge in [0.05, 0.1) is 11.1 Å². The van der Waals surface area contributed by atoms with Gasteiger partial charge in [0.1, 0.15) is 11.6 Å². The molecule has 9 heteroatoms. The summed E-state index contributed by atoms with van der Waals surface area (Å²) in [5.41, 5.74) is -2.03. The average molecular weight is 446 g/mol. The maximum atomic E-state index is 13.9. The van der Waals surface area contributed by atoms with E-state index in [0.717, 1.165) is 12.1 Å². The molecular formula is C23H24F2N2O5. The molecule has 1 aliphatic heterocycles. The number of carbonyl (C=O) groups excluding carboxylic acids is 2. The van der Waals surface area contributed by atoms with Gasteiger partial charge in [-0.05, 0) is 38.3 Å². The van der Waals surface area contributed by atoms with E-state index in [9.17, 15) is 33.4 Å². The smallest absolute Gasteiger partial charge is 0.274 e. The molecule has 2 atom stereocenters. The fraction of sp³-hybridized carbons (Fsp3) is 0.435. The fourth-order valence-electron chi connectivity index (χ4n) is 4.55. The van der Waals surface area contributed by atoms with Crippen LogP contribution in [0.5, 0.6) is 5.75 Å². The summed E-state index contributed by atoms with van der Waals surface area (Å²) in [4.78, 5) is 40.1. The first-order chi connectivity index (χ1) is 15.1. The van der Waals surface area contributed by atoms with Crippen LogP contribution in [0.25, 0.3) is 0 Å². The van der Waals surface area contributed by atoms with Crippen LogP contribution in [0.15, 0.2) is 29.2 Å². The summed E-state index contributed by atoms with van der Waals surface area (Å²) in [6, 6.07) is 2.85. The topological polar surface area (TPSA) is 99.8 Å². The van der Waals surface area contributed by atoms with E-state index in [1.165, 1.54) is 16.8 Å². The van der Waals surface area contributed by atoms with Gasteiger partial charge < -0.3 is 19.7 Å². The summed E-state index contributed by atoms with van der Waals surface area (Å²) < 4.78 is 28.4. The highest BCUT2D eigenvalue weighted by molar-refractivity contribution is 6.00. The molecular weight excluding hydrogens is 422 g/mol. The third-order valence-corrected chi connectivity index (χ3v) is 6.55. The van der Waals surface area contributed by atoms with E-state index in [1.54, 1.807) is 4.90 Å². The Morgan fingerprint density at radius 3 is 2.59 bits per heavy atom. The van der Waals surface area contributed by atoms with E-state index >= 15 is 0 Å². The number of nitrogens with zero attached hydrogens (tertiary/aromatic N) is 2. The van der Waals surface area contributed by atoms with Crippen molar-refractivity contribution in [2.45, 2.75) is 44.7 Å². The van der Waals surface area contributed by atoms with E-state index in [0.29, 0.717) is 13.0 Å². The van der Waals surface area contributed by atoms with Gasteiger partial charge in [0, 0.05) is 43.8 Å². The number of carbonyl (C=O) groups is 2. The predicted octanol–water partition coefficient (Wildman–Crippen LogP) is 2.22. The maximum absolute atomic E-state index is 13.9. The van der Waals surface area contributed by atoms with Gasteiger partial charge in [-0.15, -0.1) is 0 Å². The van der Waals surface area contributed by atoms with Crippen molar-refractivity contribution in [2.24, 2.45) is 5.92 Å². The molecule has 0 bridgehead atoms. The standard InChI is InChI=1S/C23H24F2N2O5/c1-12(2)26-11-23(8-14(23)10-28)27-9-16(20(30)21(31)19(27)22(26)32)18(29)6-4-13-3-5-15(24)7-17(13)25/h3,5,7,9,12,14,28,31H,4,6,8,10-11H2,1-2H3/t14-,23-/m1/s1. The minimum Gasteiger partial charge on any atom is -0.503 e. The Kier molecular flexibility index (Phi) is 5.40. The van der Waals surface area contributed by atoms with E-state index in [2.05, 4.69) is 0 Å². The second-order valence-electron chi connectivity index (χ2n) is 8.81. The molecule has 1 aliphatic carbocycles. The van der Waals surface area contributed by atoms with Crippen LogP contribution in [-0.4, -0.2) is 50.6 Å². The fourth-order valence-corrected chi connectivity index (χ4v) is 4.55. The number of Topliss-reactive ketones (excluding diaryl/α,β-unsaturated/α-hetero) is 1. The predicted molar refractivity (Wildman–Crippen MR) is 111 cm³/mol. The number of hydrogen-bond donors (Lipinski definition) is 2. The van der Waals surface area contributed by atoms with Gasteiger partial charge in [0.15, 0.2) is 17.2 Å². The summed E-state index contributed by atoms with van der Waals surface area (Å²) in [6.45, 7) is 3.79. The highest BCUT2D eigenvalue weighted by Crippen LogP contribution is 2.54. The third kappa shape index (κ3) is 3.40. The van der Waals surface area contributed by atoms with E-state index in [-0.39, 0.29) is 48.2 Å². The first kappa shape index (κ1) is 22.1. The number of benzene rings is 1. The lowest BCUT2D eigenvalue weighted by Crippen LogP contribution is -2.52. The SMILES string of the molecule is CC(C)N1C[C@@]2(C[C@@H]2CO)n2cc(C(=O)CCc3ccc(F)cc3F)c(=O)c(O)c2C1=O. The minimum absolute atomic E-state index is 0.0582. The lowest BCUT2D eigenvalue weighted by Gasteiger charge is -2.39. The number of aromatic nitrogens is 1. The molecule has 0 radical (unpaired) electrons. The summed E-state index contributed by atoms with van der Waals surface area (Å²) in [7, 11) is 0. The molecule has 2 N–H and O–H groups in total. The number of pyridine rings is 1. The van der Waals surface area contributed by atoms with Gasteiger partial charge in [-0.2, -0.15) is 0 Å². The number of aryl methyl sites for hydroxylation is 1. The number of amides is 1. The molecule has 4 rings (SSSR count). The molecule has 0 unspecified atom stereocenters. The Balaban J connectivity index is 1.72. The maximum Gasteiger partial charge on any atom is 0.274 e. The molecule has 7 nitrogen and oxygen atoms in total. The molecule has 2 aliphatic rings. The molecule has 2 aromatic rings. The third-order valence-electron chi connectivity index (χ3n) is 6.55. The molecule has 1 aromatic heterocycles. The monoisotopic (exact) mass is 446 g/mol. The highest BCUT2D eigenvalue weighted by atomic mass is 19.1. The van der Waals surface area contributed by atoms with E-state index in [1.807, 2.05) is 13.8 Å². The number of ketones is 1. The zero-order valence-electron chi connectivity index (χ0n) is 17.8. The first-order valence-corrected chi connectivity index (χ1v) is 10.5. The van der Waals surface area contributed by atoms with Crippen LogP contribution in [0.2, 0.25) is 0 Å². The number of rotatable bonds is 6. The van der Waals surface area contributed by atoms with Crippen molar-refractivity contribution >= 4 is 11.7 Å². The van der Waals surface area contributed by atoms with Crippen LogP contribution in [-0.2, 0) is 12.0 Å². The van der Waals surface area contributed by atoms with Gasteiger partial charge >= 0.3 is 0 Å². The van der Waals surface area contributed by atoms with Crippen molar-refractivity contribution in [3.63, 3.8) is 0 Å². The van der Waals surface area contributed by atoms with Crippen molar-refractivity contribution < 1.29 is 28.6 Å². The summed E-state index contributed by atoms with van der Waals surface area (Å²) in [5, 5.41) is 20.4. The molecule has 1 fully saturated rings. The van der Waals surface area contributed by atoms with Crippen LogP contribution < -0.4 is 5.43 Å². The highest BCUT2D eigenvalue weighted by Gasteiger charge is 2.60. The lowest BCUT2D eigenvalue weighted by molar-refractivity contribution is 0.0551. The largest absolute Gasteiger partial charge is 0.503 e. The Morgan fingerprint density at radius 1 is 1.28 bits per heavy atom. The number of hydrogen-bond acceptors (Lipinski definition) is 5. The van der Waals surface area contributed by atoms with Crippen LogP contribution >= 0.6 is 0 Å². The Hall–Kier alpha value is -3.07. The molecule has 1 saturated carbocycles. The molecule has 1 amide bonds. The van der Waals surface area contributed by atoms with E-state index < -0.39 is 40.0 Å². The number of halogens is 2. The van der Waals surface area contributed by atoms with E-state index in [4.69, 9.17) is 0 Å². The van der Waals surface area contributed by atoms with Crippen molar-refractivity contribution in [2.75, 3.05) is 13.2 Å². The quantitative estimate of drug-likeness (QED) is 0.663. The number of aromatic hydroxyl groups is 1. The Labute approximate surface area is 182 Å². The summed E-state index contributed by atoms with van der Waals surface area (Å²) in [6.07, 6.45) is 1.52. The van der Waals surface area contributed by atoms with Crippen molar-refractivity contribution in [3.05, 3.63) is 63.1 Å². The minimum atomic E-state index is -0.962. The van der Waals surface area contributed by atoms with Crippen LogP contribution in [0.1, 0.15) is 53.1 Å². The summed E-state index contributed by atoms with van der Waals surface area (Å²) >= 11 is 0. The number of aliphatic hydroxyl groups is 1. The van der Waals surface area contributed by atoms with Crippen molar-refractivity contribution in [1.29, 1.82) is 0 Å².